The molecule has 204 valence electrons. The Morgan fingerprint density at radius 1 is 1.05 bits per heavy atom. The molecule has 1 amide bonds. The molecule has 0 aliphatic carbocycles. The molecule has 4 rings (SSSR count). The first-order valence-corrected chi connectivity index (χ1v) is 14.5. The third-order valence-corrected chi connectivity index (χ3v) is 9.62. The molecule has 0 saturated carbocycles. The van der Waals surface area contributed by atoms with Crippen LogP contribution in [0.2, 0.25) is 0 Å². The van der Waals surface area contributed by atoms with E-state index in [0.29, 0.717) is 30.0 Å². The Bertz CT molecular complexity index is 1180. The molecule has 1 fully saturated rings. The number of likely N-dealkylation sites (N-methyl/N-ethyl adjacent to an activating group) is 1. The molecule has 0 bridgehead atoms. The zero-order chi connectivity index (χ0) is 26.6. The molecule has 1 aromatic carbocycles. The summed E-state index contributed by atoms with van der Waals surface area (Å²) in [5.41, 5.74) is 3.77. The maximum Gasteiger partial charge on any atom is 0.248 e. The van der Waals surface area contributed by atoms with Crippen molar-refractivity contribution < 1.29 is 22.7 Å². The topological polar surface area (TPSA) is 84.3 Å². The van der Waals surface area contributed by atoms with Gasteiger partial charge in [-0.1, -0.05) is 0 Å². The Labute approximate surface area is 221 Å². The number of amides is 1. The molecule has 9 nitrogen and oxygen atoms in total. The van der Waals surface area contributed by atoms with Gasteiger partial charge in [-0.25, -0.2) is 8.42 Å². The molecule has 1 aromatic heterocycles. The van der Waals surface area contributed by atoms with Crippen molar-refractivity contribution in [1.82, 2.24) is 18.7 Å². The molecule has 37 heavy (non-hydrogen) atoms. The number of carbonyl (C=O) groups is 1. The lowest BCUT2D eigenvalue weighted by molar-refractivity contribution is -0.137. The number of benzene rings is 1. The number of rotatable bonds is 11. The van der Waals surface area contributed by atoms with E-state index in [4.69, 9.17) is 9.47 Å². The Morgan fingerprint density at radius 3 is 2.43 bits per heavy atom. The monoisotopic (exact) mass is 532 g/mol. The summed E-state index contributed by atoms with van der Waals surface area (Å²) in [6.45, 7) is 9.31. The minimum atomic E-state index is -3.69. The normalized spacial score (nSPS) is 16.4. The minimum absolute atomic E-state index is 0.0585. The number of hydrogen-bond acceptors (Lipinski definition) is 6. The first-order valence-electron chi connectivity index (χ1n) is 13.1. The van der Waals surface area contributed by atoms with Crippen LogP contribution >= 0.6 is 0 Å². The second-order valence-electron chi connectivity index (χ2n) is 10.1. The molecule has 0 spiro atoms. The van der Waals surface area contributed by atoms with Gasteiger partial charge in [-0.2, -0.15) is 4.31 Å². The zero-order valence-corrected chi connectivity index (χ0v) is 23.3. The molecule has 0 atom stereocenters. The number of hydrogen-bond donors (Lipinski definition) is 0. The van der Waals surface area contributed by atoms with Gasteiger partial charge in [-0.15, -0.1) is 0 Å². The van der Waals surface area contributed by atoms with Crippen LogP contribution in [0.5, 0.6) is 5.75 Å². The van der Waals surface area contributed by atoms with Crippen LogP contribution in [0.3, 0.4) is 0 Å². The minimum Gasteiger partial charge on any atom is -0.497 e. The Morgan fingerprint density at radius 2 is 1.76 bits per heavy atom. The van der Waals surface area contributed by atoms with E-state index in [1.807, 2.05) is 4.90 Å². The van der Waals surface area contributed by atoms with Crippen molar-refractivity contribution in [3.8, 4) is 5.75 Å². The SMILES string of the molecule is COc1cc(C)c(S(=O)(=O)N(C)CCOCC(=O)N2CCn3c(CCN4CCCC4)ccc3C2)c(C)c1. The van der Waals surface area contributed by atoms with E-state index in [-0.39, 0.29) is 30.6 Å². The van der Waals surface area contributed by atoms with Crippen LogP contribution in [0, 0.1) is 13.8 Å². The Balaban J connectivity index is 1.24. The number of carbonyl (C=O) groups excluding carboxylic acids is 1. The molecule has 2 aromatic rings. The molecule has 0 unspecified atom stereocenters. The number of aryl methyl sites for hydroxylation is 2. The third kappa shape index (κ3) is 6.37. The number of ether oxygens (including phenoxy) is 2. The van der Waals surface area contributed by atoms with E-state index in [1.165, 1.54) is 43.0 Å². The maximum absolute atomic E-state index is 13.1. The average molecular weight is 533 g/mol. The first-order chi connectivity index (χ1) is 17.7. The largest absolute Gasteiger partial charge is 0.497 e. The summed E-state index contributed by atoms with van der Waals surface area (Å²) in [6.07, 6.45) is 3.65. The Kier molecular flexibility index (Phi) is 8.94. The maximum atomic E-state index is 13.1. The molecule has 2 aliphatic heterocycles. The predicted molar refractivity (Wildman–Crippen MR) is 142 cm³/mol. The fourth-order valence-electron chi connectivity index (χ4n) is 5.34. The van der Waals surface area contributed by atoms with Crippen LogP contribution in [0.1, 0.15) is 35.4 Å². The van der Waals surface area contributed by atoms with E-state index in [1.54, 1.807) is 33.1 Å². The molecule has 3 heterocycles. The van der Waals surface area contributed by atoms with Crippen molar-refractivity contribution in [2.45, 2.75) is 51.1 Å². The highest BCUT2D eigenvalue weighted by atomic mass is 32.2. The van der Waals surface area contributed by atoms with Crippen molar-refractivity contribution >= 4 is 15.9 Å². The molecule has 0 N–H and O–H groups in total. The molecule has 1 saturated heterocycles. The summed E-state index contributed by atoms with van der Waals surface area (Å²) < 4.78 is 40.7. The van der Waals surface area contributed by atoms with Crippen molar-refractivity contribution in [1.29, 1.82) is 0 Å². The van der Waals surface area contributed by atoms with Gasteiger partial charge in [0.2, 0.25) is 15.9 Å². The third-order valence-electron chi connectivity index (χ3n) is 7.46. The zero-order valence-electron chi connectivity index (χ0n) is 22.5. The summed E-state index contributed by atoms with van der Waals surface area (Å²) in [5.74, 6) is 0.556. The molecular formula is C27H40N4O5S. The number of aromatic nitrogens is 1. The van der Waals surface area contributed by atoms with Gasteiger partial charge in [0.15, 0.2) is 0 Å². The Hall–Kier alpha value is -2.40. The summed E-state index contributed by atoms with van der Waals surface area (Å²) in [7, 11) is -0.602. The molecule has 10 heteroatoms. The van der Waals surface area contributed by atoms with E-state index < -0.39 is 10.0 Å². The lowest BCUT2D eigenvalue weighted by Crippen LogP contribution is -2.41. The average Bonchev–Trinajstić information content (AvgIpc) is 3.53. The first kappa shape index (κ1) is 27.6. The fourth-order valence-corrected chi connectivity index (χ4v) is 6.90. The van der Waals surface area contributed by atoms with Gasteiger partial charge in [-0.3, -0.25) is 4.79 Å². The van der Waals surface area contributed by atoms with Gasteiger partial charge in [0.1, 0.15) is 12.4 Å². The highest BCUT2D eigenvalue weighted by Gasteiger charge is 2.26. The van der Waals surface area contributed by atoms with Gasteiger partial charge < -0.3 is 23.8 Å². The van der Waals surface area contributed by atoms with E-state index in [9.17, 15) is 13.2 Å². The van der Waals surface area contributed by atoms with Crippen LogP contribution in [-0.2, 0) is 39.1 Å². The standard InChI is InChI=1S/C27H40N4O5S/c1-21-17-25(35-4)18-22(2)27(21)37(33,34)28(3)15-16-36-20-26(32)30-13-14-31-23(7-8-24(31)19-30)9-12-29-10-5-6-11-29/h7-8,17-18H,5-6,9-16,19-20H2,1-4H3. The van der Waals surface area contributed by atoms with Crippen LogP contribution in [0.25, 0.3) is 0 Å². The molecule has 0 radical (unpaired) electrons. The molecular weight excluding hydrogens is 492 g/mol. The van der Waals surface area contributed by atoms with Crippen LogP contribution in [0.15, 0.2) is 29.2 Å². The summed E-state index contributed by atoms with van der Waals surface area (Å²) in [6, 6.07) is 7.75. The molecule has 2 aliphatic rings. The van der Waals surface area contributed by atoms with Gasteiger partial charge in [0, 0.05) is 51.0 Å². The second kappa shape index (κ2) is 12.0. The predicted octanol–water partition coefficient (Wildman–Crippen LogP) is 2.43. The number of sulfonamides is 1. The van der Waals surface area contributed by atoms with Crippen molar-refractivity contribution in [3.05, 3.63) is 46.8 Å². The van der Waals surface area contributed by atoms with Crippen LogP contribution < -0.4 is 4.74 Å². The van der Waals surface area contributed by atoms with Crippen molar-refractivity contribution in [3.63, 3.8) is 0 Å². The lowest BCUT2D eigenvalue weighted by Gasteiger charge is -2.30. The number of methoxy groups -OCH3 is 1. The number of fused-ring (bicyclic) bond motifs is 1. The van der Waals surface area contributed by atoms with E-state index in [2.05, 4.69) is 21.6 Å². The van der Waals surface area contributed by atoms with Crippen LogP contribution in [-0.4, -0.2) is 93.1 Å². The van der Waals surface area contributed by atoms with Gasteiger partial charge in [0.05, 0.1) is 25.2 Å². The number of nitrogens with zero attached hydrogens (tertiary/aromatic N) is 4. The smallest absolute Gasteiger partial charge is 0.248 e. The van der Waals surface area contributed by atoms with Gasteiger partial charge >= 0.3 is 0 Å². The number of likely N-dealkylation sites (tertiary alicyclic amines) is 1. The summed E-state index contributed by atoms with van der Waals surface area (Å²) >= 11 is 0. The van der Waals surface area contributed by atoms with Gasteiger partial charge in [-0.05, 0) is 75.2 Å². The second-order valence-corrected chi connectivity index (χ2v) is 12.0. The highest BCUT2D eigenvalue weighted by molar-refractivity contribution is 7.89. The van der Waals surface area contributed by atoms with Crippen molar-refractivity contribution in [2.75, 3.05) is 60.1 Å². The van der Waals surface area contributed by atoms with Crippen LogP contribution in [0.4, 0.5) is 0 Å². The fraction of sp³-hybridized carbons (Fsp3) is 0.593. The van der Waals surface area contributed by atoms with Crippen molar-refractivity contribution in [2.24, 2.45) is 0 Å². The summed E-state index contributed by atoms with van der Waals surface area (Å²) in [4.78, 5) is 17.4. The van der Waals surface area contributed by atoms with E-state index >= 15 is 0 Å². The lowest BCUT2D eigenvalue weighted by atomic mass is 10.1. The quantitative estimate of drug-likeness (QED) is 0.414. The van der Waals surface area contributed by atoms with E-state index in [0.717, 1.165) is 25.2 Å². The summed E-state index contributed by atoms with van der Waals surface area (Å²) in [5, 5.41) is 0. The van der Waals surface area contributed by atoms with Gasteiger partial charge in [0.25, 0.3) is 0 Å². The highest BCUT2D eigenvalue weighted by Crippen LogP contribution is 2.27.